The lowest BCUT2D eigenvalue weighted by atomic mass is 10.0. The molecule has 136 valence electrons. The molecule has 9 heteroatoms. The lowest BCUT2D eigenvalue weighted by Gasteiger charge is -2.17. The Hall–Kier alpha value is -2.26. The molecule has 0 saturated carbocycles. The van der Waals surface area contributed by atoms with E-state index < -0.39 is 16.1 Å². The highest BCUT2D eigenvalue weighted by Gasteiger charge is 2.26. The van der Waals surface area contributed by atoms with E-state index in [0.717, 1.165) is 0 Å². The highest BCUT2D eigenvalue weighted by molar-refractivity contribution is 7.89. The van der Waals surface area contributed by atoms with Crippen LogP contribution in [0.3, 0.4) is 0 Å². The first-order valence-corrected chi connectivity index (χ1v) is 9.35. The Morgan fingerprint density at radius 1 is 1.20 bits per heavy atom. The number of rotatable bonds is 7. The van der Waals surface area contributed by atoms with E-state index in [1.54, 1.807) is 6.92 Å². The Morgan fingerprint density at radius 2 is 1.84 bits per heavy atom. The van der Waals surface area contributed by atoms with Crippen molar-refractivity contribution in [1.82, 2.24) is 14.9 Å². The van der Waals surface area contributed by atoms with Gasteiger partial charge in [0, 0.05) is 19.5 Å². The molecule has 1 aromatic heterocycles. The first kappa shape index (κ1) is 19.1. The molecule has 0 saturated heterocycles. The Bertz CT molecular complexity index is 828. The van der Waals surface area contributed by atoms with Gasteiger partial charge < -0.3 is 9.73 Å². The monoisotopic (exact) mass is 366 g/mol. The van der Waals surface area contributed by atoms with E-state index in [4.69, 9.17) is 4.42 Å². The van der Waals surface area contributed by atoms with Crippen LogP contribution in [0, 0.1) is 12.8 Å². The number of carbonyl (C=O) groups is 1. The normalized spacial score (nSPS) is 13.0. The van der Waals surface area contributed by atoms with Crippen molar-refractivity contribution >= 4 is 21.6 Å². The number of amides is 1. The van der Waals surface area contributed by atoms with Crippen LogP contribution in [0.2, 0.25) is 0 Å². The van der Waals surface area contributed by atoms with E-state index in [9.17, 15) is 13.2 Å². The molecule has 0 aliphatic rings. The summed E-state index contributed by atoms with van der Waals surface area (Å²) < 4.78 is 33.3. The summed E-state index contributed by atoms with van der Waals surface area (Å²) >= 11 is 0. The molecule has 8 nitrogen and oxygen atoms in total. The molecule has 2 rings (SSSR count). The van der Waals surface area contributed by atoms with Crippen molar-refractivity contribution in [2.75, 3.05) is 5.32 Å². The molecule has 0 spiro atoms. The molecule has 0 aliphatic heterocycles. The van der Waals surface area contributed by atoms with E-state index in [1.165, 1.54) is 31.2 Å². The Balaban J connectivity index is 2.22. The van der Waals surface area contributed by atoms with Gasteiger partial charge in [0.25, 0.3) is 0 Å². The Morgan fingerprint density at radius 3 is 2.32 bits per heavy atom. The van der Waals surface area contributed by atoms with E-state index in [-0.39, 0.29) is 22.6 Å². The summed E-state index contributed by atoms with van der Waals surface area (Å²) in [5, 5.41) is 10.3. The van der Waals surface area contributed by atoms with Crippen molar-refractivity contribution in [1.29, 1.82) is 0 Å². The molecule has 0 fully saturated rings. The van der Waals surface area contributed by atoms with Gasteiger partial charge in [-0.05, 0) is 36.6 Å². The van der Waals surface area contributed by atoms with Gasteiger partial charge in [-0.15, -0.1) is 10.2 Å². The van der Waals surface area contributed by atoms with E-state index in [0.29, 0.717) is 18.0 Å². The average molecular weight is 366 g/mol. The fourth-order valence-corrected chi connectivity index (χ4v) is 3.50. The molecular weight excluding hydrogens is 344 g/mol. The van der Waals surface area contributed by atoms with Crippen LogP contribution in [-0.2, 0) is 14.8 Å². The zero-order chi connectivity index (χ0) is 18.6. The first-order valence-electron chi connectivity index (χ1n) is 7.87. The van der Waals surface area contributed by atoms with Crippen LogP contribution < -0.4 is 10.0 Å². The van der Waals surface area contributed by atoms with Crippen molar-refractivity contribution in [2.45, 2.75) is 45.1 Å². The number of anilines is 1. The summed E-state index contributed by atoms with van der Waals surface area (Å²) in [6, 6.07) is 5.31. The van der Waals surface area contributed by atoms with Crippen molar-refractivity contribution < 1.29 is 17.6 Å². The van der Waals surface area contributed by atoms with Crippen LogP contribution in [-0.4, -0.2) is 24.5 Å². The molecule has 2 aromatic rings. The summed E-state index contributed by atoms with van der Waals surface area (Å²) in [6.45, 7) is 6.99. The number of hydrogen-bond acceptors (Lipinski definition) is 6. The number of benzene rings is 1. The van der Waals surface area contributed by atoms with Gasteiger partial charge in [0.1, 0.15) is 6.04 Å². The van der Waals surface area contributed by atoms with Crippen LogP contribution in [0.5, 0.6) is 0 Å². The van der Waals surface area contributed by atoms with Crippen molar-refractivity contribution in [3.8, 4) is 0 Å². The molecule has 1 amide bonds. The summed E-state index contributed by atoms with van der Waals surface area (Å²) in [5.74, 6) is 0.617. The van der Waals surface area contributed by atoms with E-state index in [2.05, 4.69) is 20.2 Å². The number of aryl methyl sites for hydroxylation is 1. The van der Waals surface area contributed by atoms with Crippen LogP contribution in [0.4, 0.5) is 5.69 Å². The van der Waals surface area contributed by atoms with Crippen LogP contribution >= 0.6 is 0 Å². The zero-order valence-electron chi connectivity index (χ0n) is 14.6. The average Bonchev–Trinajstić information content (AvgIpc) is 2.92. The topological polar surface area (TPSA) is 114 Å². The lowest BCUT2D eigenvalue weighted by Crippen LogP contribution is -2.30. The standard InChI is InChI=1S/C16H22N4O4S/c1-10(2)9-15(16-19-18-12(4)24-16)20-25(22,23)14-7-5-13(6-8-14)17-11(3)21/h5-8,10,15,20H,9H2,1-4H3,(H,17,21). The summed E-state index contributed by atoms with van der Waals surface area (Å²) in [4.78, 5) is 11.1. The number of aromatic nitrogens is 2. The number of carbonyl (C=O) groups excluding carboxylic acids is 1. The second-order valence-electron chi connectivity index (χ2n) is 6.17. The molecule has 1 unspecified atom stereocenters. The molecule has 0 radical (unpaired) electrons. The lowest BCUT2D eigenvalue weighted by molar-refractivity contribution is -0.114. The van der Waals surface area contributed by atoms with E-state index >= 15 is 0 Å². The largest absolute Gasteiger partial charge is 0.424 e. The highest BCUT2D eigenvalue weighted by Crippen LogP contribution is 2.23. The van der Waals surface area contributed by atoms with Gasteiger partial charge in [0.15, 0.2) is 0 Å². The maximum Gasteiger partial charge on any atom is 0.241 e. The minimum Gasteiger partial charge on any atom is -0.424 e. The molecule has 0 bridgehead atoms. The molecule has 2 N–H and O–H groups in total. The maximum atomic E-state index is 12.6. The van der Waals surface area contributed by atoms with Gasteiger partial charge in [-0.2, -0.15) is 4.72 Å². The van der Waals surface area contributed by atoms with Gasteiger partial charge >= 0.3 is 0 Å². The zero-order valence-corrected chi connectivity index (χ0v) is 15.4. The highest BCUT2D eigenvalue weighted by atomic mass is 32.2. The Kier molecular flexibility index (Phi) is 5.91. The second kappa shape index (κ2) is 7.75. The first-order chi connectivity index (χ1) is 11.7. The predicted octanol–water partition coefficient (Wildman–Crippen LogP) is 2.40. The predicted molar refractivity (Wildman–Crippen MR) is 92.3 cm³/mol. The minimum atomic E-state index is -3.78. The van der Waals surface area contributed by atoms with Gasteiger partial charge in [-0.3, -0.25) is 4.79 Å². The molecule has 1 aromatic carbocycles. The number of hydrogen-bond donors (Lipinski definition) is 2. The molecule has 25 heavy (non-hydrogen) atoms. The smallest absolute Gasteiger partial charge is 0.241 e. The number of nitrogens with zero attached hydrogens (tertiary/aromatic N) is 2. The molecule has 0 aliphatic carbocycles. The van der Waals surface area contributed by atoms with Crippen molar-refractivity contribution in [2.24, 2.45) is 5.92 Å². The van der Waals surface area contributed by atoms with E-state index in [1.807, 2.05) is 13.8 Å². The third-order valence-electron chi connectivity index (χ3n) is 3.33. The number of sulfonamides is 1. The fraction of sp³-hybridized carbons (Fsp3) is 0.438. The summed E-state index contributed by atoms with van der Waals surface area (Å²) in [5.41, 5.74) is 0.526. The Labute approximate surface area is 147 Å². The summed E-state index contributed by atoms with van der Waals surface area (Å²) in [7, 11) is -3.78. The minimum absolute atomic E-state index is 0.0894. The van der Waals surface area contributed by atoms with Gasteiger partial charge in [0.2, 0.25) is 27.7 Å². The fourth-order valence-electron chi connectivity index (χ4n) is 2.30. The third kappa shape index (κ3) is 5.36. The molecule has 1 heterocycles. The third-order valence-corrected chi connectivity index (χ3v) is 4.82. The molecule has 1 atom stereocenters. The van der Waals surface area contributed by atoms with Gasteiger partial charge in [-0.25, -0.2) is 8.42 Å². The second-order valence-corrected chi connectivity index (χ2v) is 7.88. The van der Waals surface area contributed by atoms with Gasteiger partial charge in [-0.1, -0.05) is 13.8 Å². The SMILES string of the molecule is CC(=O)Nc1ccc(S(=O)(=O)NC(CC(C)C)c2nnc(C)o2)cc1. The molecular formula is C16H22N4O4S. The van der Waals surface area contributed by atoms with Crippen LogP contribution in [0.25, 0.3) is 0 Å². The quantitative estimate of drug-likeness (QED) is 0.778. The van der Waals surface area contributed by atoms with Gasteiger partial charge in [0.05, 0.1) is 4.90 Å². The summed E-state index contributed by atoms with van der Waals surface area (Å²) in [6.07, 6.45) is 0.519. The van der Waals surface area contributed by atoms with Crippen molar-refractivity contribution in [3.05, 3.63) is 36.0 Å². The maximum absolute atomic E-state index is 12.6. The van der Waals surface area contributed by atoms with Crippen LogP contribution in [0.15, 0.2) is 33.6 Å². The number of nitrogens with one attached hydrogen (secondary N) is 2. The van der Waals surface area contributed by atoms with Crippen LogP contribution in [0.1, 0.15) is 45.0 Å². The van der Waals surface area contributed by atoms with Crippen molar-refractivity contribution in [3.63, 3.8) is 0 Å².